The zero-order valence-corrected chi connectivity index (χ0v) is 18.4. The maximum Gasteiger partial charge on any atom is 0.573 e. The summed E-state index contributed by atoms with van der Waals surface area (Å²) >= 11 is 0. The fourth-order valence-electron chi connectivity index (χ4n) is 4.18. The van der Waals surface area contributed by atoms with Gasteiger partial charge in [0.05, 0.1) is 26.5 Å². The molecule has 2 aliphatic heterocycles. The van der Waals surface area contributed by atoms with E-state index in [1.165, 1.54) is 26.4 Å². The molecule has 0 spiro atoms. The molecule has 0 N–H and O–H groups in total. The molecule has 2 aliphatic rings. The van der Waals surface area contributed by atoms with E-state index in [9.17, 15) is 18.0 Å². The van der Waals surface area contributed by atoms with Crippen LogP contribution in [0.3, 0.4) is 0 Å². The lowest BCUT2D eigenvalue weighted by molar-refractivity contribution is -0.274. The number of methoxy groups -OCH3 is 2. The zero-order valence-electron chi connectivity index (χ0n) is 18.4. The molecule has 2 heterocycles. The lowest BCUT2D eigenvalue weighted by atomic mass is 9.96. The number of carbonyl (C=O) groups excluding carboxylic acids is 1. The molecule has 0 bridgehead atoms. The van der Waals surface area contributed by atoms with Gasteiger partial charge in [-0.05, 0) is 29.8 Å². The maximum absolute atomic E-state index is 13.0. The Bertz CT molecular complexity index is 1010. The summed E-state index contributed by atoms with van der Waals surface area (Å²) in [6, 6.07) is 9.55. The molecular formula is C23H25F3N2O5. The Morgan fingerprint density at radius 1 is 1.00 bits per heavy atom. The van der Waals surface area contributed by atoms with E-state index < -0.39 is 12.5 Å². The zero-order chi connectivity index (χ0) is 23.6. The summed E-state index contributed by atoms with van der Waals surface area (Å²) in [5.41, 5.74) is 1.70. The Balaban J connectivity index is 1.39. The van der Waals surface area contributed by atoms with Crippen LogP contribution in [0.5, 0.6) is 17.2 Å². The molecule has 0 aromatic heterocycles. The number of anilines is 1. The molecule has 1 fully saturated rings. The molecule has 0 saturated carbocycles. The largest absolute Gasteiger partial charge is 0.573 e. The number of ether oxygens (including phenoxy) is 4. The van der Waals surface area contributed by atoms with Crippen molar-refractivity contribution in [3.63, 3.8) is 0 Å². The third kappa shape index (κ3) is 5.17. The first-order valence-electron chi connectivity index (χ1n) is 10.5. The Kier molecular flexibility index (Phi) is 6.66. The van der Waals surface area contributed by atoms with Gasteiger partial charge in [0, 0.05) is 38.3 Å². The number of fused-ring (bicyclic) bond motifs is 1. The highest BCUT2D eigenvalue weighted by atomic mass is 19.4. The molecule has 1 unspecified atom stereocenters. The summed E-state index contributed by atoms with van der Waals surface area (Å²) in [4.78, 5) is 17.0. The van der Waals surface area contributed by atoms with Gasteiger partial charge in [0.15, 0.2) is 23.0 Å². The third-order valence-electron chi connectivity index (χ3n) is 5.84. The number of benzene rings is 2. The van der Waals surface area contributed by atoms with Crippen molar-refractivity contribution < 1.29 is 36.9 Å². The number of para-hydroxylation sites is 2. The molecule has 7 nitrogen and oxygen atoms in total. The summed E-state index contributed by atoms with van der Waals surface area (Å²) in [6.07, 6.45) is -5.37. The van der Waals surface area contributed by atoms with Gasteiger partial charge in [0.2, 0.25) is 0 Å². The second-order valence-corrected chi connectivity index (χ2v) is 7.83. The average Bonchev–Trinajstić information content (AvgIpc) is 2.80. The first-order chi connectivity index (χ1) is 15.8. The molecule has 2 aromatic carbocycles. The van der Waals surface area contributed by atoms with E-state index in [-0.39, 0.29) is 18.1 Å². The van der Waals surface area contributed by atoms with E-state index >= 15 is 0 Å². The van der Waals surface area contributed by atoms with Crippen molar-refractivity contribution >= 4 is 11.5 Å². The quantitative estimate of drug-likeness (QED) is 0.646. The van der Waals surface area contributed by atoms with Crippen LogP contribution in [-0.4, -0.2) is 70.1 Å². The molecule has 1 atom stereocenters. The van der Waals surface area contributed by atoms with E-state index in [2.05, 4.69) is 9.64 Å². The first-order valence-corrected chi connectivity index (χ1v) is 10.5. The minimum Gasteiger partial charge on any atom is -0.493 e. The molecule has 0 amide bonds. The smallest absolute Gasteiger partial charge is 0.493 e. The summed E-state index contributed by atoms with van der Waals surface area (Å²) < 4.78 is 58.8. The molecule has 0 aliphatic carbocycles. The fourth-order valence-corrected chi connectivity index (χ4v) is 4.18. The van der Waals surface area contributed by atoms with Crippen molar-refractivity contribution in [3.05, 3.63) is 47.5 Å². The highest BCUT2D eigenvalue weighted by Gasteiger charge is 2.34. The van der Waals surface area contributed by atoms with Gasteiger partial charge in [0.1, 0.15) is 6.10 Å². The van der Waals surface area contributed by atoms with Crippen molar-refractivity contribution in [2.75, 3.05) is 51.8 Å². The highest BCUT2D eigenvalue weighted by molar-refractivity contribution is 6.02. The number of hydrogen-bond donors (Lipinski definition) is 0. The Morgan fingerprint density at radius 3 is 2.33 bits per heavy atom. The maximum atomic E-state index is 13.0. The second-order valence-electron chi connectivity index (χ2n) is 7.83. The highest BCUT2D eigenvalue weighted by Crippen LogP contribution is 2.35. The molecule has 10 heteroatoms. The number of nitrogens with zero attached hydrogens (tertiary/aromatic N) is 2. The van der Waals surface area contributed by atoms with Gasteiger partial charge < -0.3 is 23.8 Å². The van der Waals surface area contributed by atoms with Crippen molar-refractivity contribution in [3.8, 4) is 17.2 Å². The SMILES string of the molecule is COc1cc2c(cc1OC)C(=O)C(CN1CCN(c3ccccc3OC(F)(F)F)CC1)OC2. The summed E-state index contributed by atoms with van der Waals surface area (Å²) in [5.74, 6) is 0.685. The number of piperazine rings is 1. The molecule has 4 rings (SSSR count). The van der Waals surface area contributed by atoms with E-state index in [0.717, 1.165) is 5.56 Å². The minimum atomic E-state index is -4.75. The average molecular weight is 466 g/mol. The fraction of sp³-hybridized carbons (Fsp3) is 0.435. The number of halogens is 3. The van der Waals surface area contributed by atoms with Gasteiger partial charge in [-0.3, -0.25) is 9.69 Å². The van der Waals surface area contributed by atoms with E-state index in [0.29, 0.717) is 55.5 Å². The van der Waals surface area contributed by atoms with Crippen LogP contribution in [0.2, 0.25) is 0 Å². The molecule has 0 radical (unpaired) electrons. The van der Waals surface area contributed by atoms with Crippen LogP contribution in [0, 0.1) is 0 Å². The van der Waals surface area contributed by atoms with Crippen molar-refractivity contribution in [1.82, 2.24) is 4.90 Å². The van der Waals surface area contributed by atoms with Crippen molar-refractivity contribution in [2.45, 2.75) is 19.1 Å². The normalized spacial score (nSPS) is 19.2. The van der Waals surface area contributed by atoms with Gasteiger partial charge in [-0.2, -0.15) is 0 Å². The van der Waals surface area contributed by atoms with Crippen LogP contribution in [0.15, 0.2) is 36.4 Å². The number of Topliss-reactive ketones (excluding diaryl/α,β-unsaturated/α-hetero) is 1. The van der Waals surface area contributed by atoms with Crippen LogP contribution in [0.4, 0.5) is 18.9 Å². The van der Waals surface area contributed by atoms with Crippen molar-refractivity contribution in [2.24, 2.45) is 0 Å². The number of hydrogen-bond acceptors (Lipinski definition) is 7. The van der Waals surface area contributed by atoms with Gasteiger partial charge in [-0.15, -0.1) is 13.2 Å². The Labute approximate surface area is 189 Å². The number of alkyl halides is 3. The molecule has 178 valence electrons. The van der Waals surface area contributed by atoms with Crippen LogP contribution in [0.1, 0.15) is 15.9 Å². The lowest BCUT2D eigenvalue weighted by Crippen LogP contribution is -2.50. The summed E-state index contributed by atoms with van der Waals surface area (Å²) in [6.45, 7) is 2.84. The van der Waals surface area contributed by atoms with Gasteiger partial charge in [0.25, 0.3) is 0 Å². The molecule has 33 heavy (non-hydrogen) atoms. The Hall–Kier alpha value is -2.98. The molecule has 2 aromatic rings. The standard InChI is InChI=1S/C23H25F3N2O5/c1-30-19-11-15-14-32-21(22(29)16(15)12-20(19)31-2)13-27-7-9-28(10-8-27)17-5-3-4-6-18(17)33-23(24,25)26/h3-6,11-12,21H,7-10,13-14H2,1-2H3. The predicted molar refractivity (Wildman–Crippen MR) is 114 cm³/mol. The van der Waals surface area contributed by atoms with Crippen LogP contribution < -0.4 is 19.1 Å². The van der Waals surface area contributed by atoms with E-state index in [1.807, 2.05) is 4.90 Å². The monoisotopic (exact) mass is 466 g/mol. The lowest BCUT2D eigenvalue weighted by Gasteiger charge is -2.38. The number of ketones is 1. The first kappa shape index (κ1) is 23.2. The Morgan fingerprint density at radius 2 is 1.67 bits per heavy atom. The summed E-state index contributed by atoms with van der Waals surface area (Å²) in [5, 5.41) is 0. The second kappa shape index (κ2) is 9.48. The topological polar surface area (TPSA) is 60.5 Å². The molecular weight excluding hydrogens is 441 g/mol. The van der Waals surface area contributed by atoms with Crippen LogP contribution >= 0.6 is 0 Å². The van der Waals surface area contributed by atoms with E-state index in [4.69, 9.17) is 14.2 Å². The molecule has 1 saturated heterocycles. The number of carbonyl (C=O) groups is 1. The summed E-state index contributed by atoms with van der Waals surface area (Å²) in [7, 11) is 3.05. The predicted octanol–water partition coefficient (Wildman–Crippen LogP) is 3.51. The van der Waals surface area contributed by atoms with Gasteiger partial charge in [-0.25, -0.2) is 0 Å². The minimum absolute atomic E-state index is 0.122. The van der Waals surface area contributed by atoms with Crippen LogP contribution in [0.25, 0.3) is 0 Å². The van der Waals surface area contributed by atoms with Crippen LogP contribution in [-0.2, 0) is 11.3 Å². The van der Waals surface area contributed by atoms with Gasteiger partial charge >= 0.3 is 6.36 Å². The van der Waals surface area contributed by atoms with Gasteiger partial charge in [-0.1, -0.05) is 12.1 Å². The third-order valence-corrected chi connectivity index (χ3v) is 5.84. The number of rotatable bonds is 6. The van der Waals surface area contributed by atoms with E-state index in [1.54, 1.807) is 24.3 Å². The van der Waals surface area contributed by atoms with Crippen molar-refractivity contribution in [1.29, 1.82) is 0 Å².